The number of benzene rings is 2. The molecule has 1 aliphatic heterocycles. The molecule has 0 unspecified atom stereocenters. The molecule has 1 heterocycles. The maximum Gasteiger partial charge on any atom is 0.217 e. The predicted molar refractivity (Wildman–Crippen MR) is 84.0 cm³/mol. The Kier molecular flexibility index (Phi) is 3.57. The van der Waals surface area contributed by atoms with Gasteiger partial charge >= 0.3 is 0 Å². The standard InChI is InChI=1S/C18H17NO2/c1-12-5-3-8-16(17(12)18-19-9-10-21-18)15-7-4-6-14(11-15)13(2)20/h3-8,11H,9-10H2,1-2H3. The van der Waals surface area contributed by atoms with Crippen LogP contribution in [0.5, 0.6) is 0 Å². The van der Waals surface area contributed by atoms with Crippen molar-refractivity contribution in [2.24, 2.45) is 4.99 Å². The zero-order chi connectivity index (χ0) is 14.8. The number of rotatable bonds is 3. The Labute approximate surface area is 124 Å². The summed E-state index contributed by atoms with van der Waals surface area (Å²) in [5.74, 6) is 0.775. The molecule has 0 amide bonds. The molecule has 0 spiro atoms. The van der Waals surface area contributed by atoms with E-state index in [9.17, 15) is 4.79 Å². The first kappa shape index (κ1) is 13.6. The molecule has 0 bridgehead atoms. The van der Waals surface area contributed by atoms with E-state index in [2.05, 4.69) is 18.0 Å². The molecule has 0 aliphatic carbocycles. The topological polar surface area (TPSA) is 38.7 Å². The first-order valence-electron chi connectivity index (χ1n) is 7.05. The third kappa shape index (κ3) is 2.59. The Morgan fingerprint density at radius 1 is 1.19 bits per heavy atom. The highest BCUT2D eigenvalue weighted by molar-refractivity contribution is 6.03. The van der Waals surface area contributed by atoms with Gasteiger partial charge in [0.2, 0.25) is 5.90 Å². The number of ketones is 1. The molecule has 2 aromatic carbocycles. The lowest BCUT2D eigenvalue weighted by Crippen LogP contribution is -2.06. The van der Waals surface area contributed by atoms with Crippen molar-refractivity contribution in [1.29, 1.82) is 0 Å². The molecule has 0 radical (unpaired) electrons. The molecule has 0 saturated heterocycles. The van der Waals surface area contributed by atoms with Crippen molar-refractivity contribution in [1.82, 2.24) is 0 Å². The third-order valence-electron chi connectivity index (χ3n) is 3.65. The monoisotopic (exact) mass is 279 g/mol. The third-order valence-corrected chi connectivity index (χ3v) is 3.65. The molecule has 0 saturated carbocycles. The predicted octanol–water partition coefficient (Wildman–Crippen LogP) is 3.64. The smallest absolute Gasteiger partial charge is 0.217 e. The van der Waals surface area contributed by atoms with Crippen LogP contribution in [0.3, 0.4) is 0 Å². The average molecular weight is 279 g/mol. The van der Waals surface area contributed by atoms with Crippen molar-refractivity contribution in [3.63, 3.8) is 0 Å². The number of carbonyl (C=O) groups excluding carboxylic acids is 1. The van der Waals surface area contributed by atoms with Crippen LogP contribution in [0.2, 0.25) is 0 Å². The minimum atomic E-state index is 0.0699. The number of nitrogens with zero attached hydrogens (tertiary/aromatic N) is 1. The Morgan fingerprint density at radius 3 is 2.71 bits per heavy atom. The fourth-order valence-electron chi connectivity index (χ4n) is 2.58. The molecule has 0 atom stereocenters. The lowest BCUT2D eigenvalue weighted by molar-refractivity contribution is 0.101. The van der Waals surface area contributed by atoms with Crippen LogP contribution in [-0.4, -0.2) is 24.8 Å². The summed E-state index contributed by atoms with van der Waals surface area (Å²) in [6, 6.07) is 13.8. The Balaban J connectivity index is 2.16. The van der Waals surface area contributed by atoms with E-state index in [-0.39, 0.29) is 5.78 Å². The highest BCUT2D eigenvalue weighted by Gasteiger charge is 2.18. The van der Waals surface area contributed by atoms with Crippen LogP contribution >= 0.6 is 0 Å². The van der Waals surface area contributed by atoms with Crippen molar-refractivity contribution in [3.8, 4) is 11.1 Å². The zero-order valence-electron chi connectivity index (χ0n) is 12.2. The summed E-state index contributed by atoms with van der Waals surface area (Å²) < 4.78 is 5.64. The molecule has 1 aliphatic rings. The van der Waals surface area contributed by atoms with Gasteiger partial charge in [0.1, 0.15) is 6.61 Å². The van der Waals surface area contributed by atoms with Crippen LogP contribution in [0, 0.1) is 6.92 Å². The van der Waals surface area contributed by atoms with Gasteiger partial charge in [-0.25, -0.2) is 4.99 Å². The van der Waals surface area contributed by atoms with E-state index in [1.54, 1.807) is 6.92 Å². The van der Waals surface area contributed by atoms with Crippen LogP contribution in [0.15, 0.2) is 47.5 Å². The van der Waals surface area contributed by atoms with E-state index >= 15 is 0 Å². The summed E-state index contributed by atoms with van der Waals surface area (Å²) in [6.07, 6.45) is 0. The molecule has 2 aromatic rings. The number of carbonyl (C=O) groups is 1. The summed E-state index contributed by atoms with van der Waals surface area (Å²) in [5.41, 5.74) is 4.93. The SMILES string of the molecule is CC(=O)c1cccc(-c2cccc(C)c2C2=NCCO2)c1. The fraction of sp³-hybridized carbons (Fsp3) is 0.222. The van der Waals surface area contributed by atoms with Gasteiger partial charge in [-0.3, -0.25) is 4.79 Å². The minimum absolute atomic E-state index is 0.0699. The van der Waals surface area contributed by atoms with E-state index in [0.29, 0.717) is 24.6 Å². The second kappa shape index (κ2) is 5.52. The second-order valence-electron chi connectivity index (χ2n) is 5.17. The van der Waals surface area contributed by atoms with Crippen molar-refractivity contribution < 1.29 is 9.53 Å². The first-order valence-corrected chi connectivity index (χ1v) is 7.05. The van der Waals surface area contributed by atoms with E-state index in [1.165, 1.54) is 0 Å². The van der Waals surface area contributed by atoms with Crippen molar-refractivity contribution in [3.05, 3.63) is 59.2 Å². The average Bonchev–Trinajstić information content (AvgIpc) is 3.01. The number of hydrogen-bond donors (Lipinski definition) is 0. The van der Waals surface area contributed by atoms with Crippen LogP contribution < -0.4 is 0 Å². The lowest BCUT2D eigenvalue weighted by atomic mass is 9.94. The van der Waals surface area contributed by atoms with Gasteiger partial charge in [0.15, 0.2) is 5.78 Å². The highest BCUT2D eigenvalue weighted by atomic mass is 16.5. The van der Waals surface area contributed by atoms with Crippen LogP contribution in [-0.2, 0) is 4.74 Å². The quantitative estimate of drug-likeness (QED) is 0.804. The van der Waals surface area contributed by atoms with Gasteiger partial charge in [-0.2, -0.15) is 0 Å². The van der Waals surface area contributed by atoms with Gasteiger partial charge in [-0.15, -0.1) is 0 Å². The first-order chi connectivity index (χ1) is 10.2. The van der Waals surface area contributed by atoms with Crippen molar-refractivity contribution in [2.45, 2.75) is 13.8 Å². The fourth-order valence-corrected chi connectivity index (χ4v) is 2.58. The lowest BCUT2D eigenvalue weighted by Gasteiger charge is -2.13. The summed E-state index contributed by atoms with van der Waals surface area (Å²) in [4.78, 5) is 16.0. The Morgan fingerprint density at radius 2 is 2.00 bits per heavy atom. The molecule has 3 heteroatoms. The molecule has 21 heavy (non-hydrogen) atoms. The summed E-state index contributed by atoms with van der Waals surface area (Å²) >= 11 is 0. The van der Waals surface area contributed by atoms with Gasteiger partial charge < -0.3 is 4.74 Å². The van der Waals surface area contributed by atoms with Crippen molar-refractivity contribution in [2.75, 3.05) is 13.2 Å². The minimum Gasteiger partial charge on any atom is -0.475 e. The largest absolute Gasteiger partial charge is 0.475 e. The van der Waals surface area contributed by atoms with Gasteiger partial charge in [-0.1, -0.05) is 36.4 Å². The van der Waals surface area contributed by atoms with E-state index in [0.717, 1.165) is 22.3 Å². The molecular formula is C18H17NO2. The van der Waals surface area contributed by atoms with E-state index in [4.69, 9.17) is 4.74 Å². The van der Waals surface area contributed by atoms with Crippen LogP contribution in [0.1, 0.15) is 28.4 Å². The van der Waals surface area contributed by atoms with Crippen molar-refractivity contribution >= 4 is 11.7 Å². The number of hydrogen-bond acceptors (Lipinski definition) is 3. The highest BCUT2D eigenvalue weighted by Crippen LogP contribution is 2.28. The Hall–Kier alpha value is -2.42. The normalized spacial score (nSPS) is 13.7. The van der Waals surface area contributed by atoms with Gasteiger partial charge in [0.05, 0.1) is 6.54 Å². The number of ether oxygens (including phenoxy) is 1. The molecule has 3 rings (SSSR count). The molecule has 0 fully saturated rings. The Bertz CT molecular complexity index is 732. The van der Waals surface area contributed by atoms with Gasteiger partial charge in [0, 0.05) is 11.1 Å². The maximum absolute atomic E-state index is 11.6. The number of Topliss-reactive ketones (excluding diaryl/α,β-unsaturated/α-hetero) is 1. The molecule has 0 N–H and O–H groups in total. The summed E-state index contributed by atoms with van der Waals surface area (Å²) in [7, 11) is 0. The van der Waals surface area contributed by atoms with Crippen LogP contribution in [0.25, 0.3) is 11.1 Å². The summed E-state index contributed by atoms with van der Waals surface area (Å²) in [6.45, 7) is 4.98. The zero-order valence-corrected chi connectivity index (χ0v) is 12.2. The number of aryl methyl sites for hydroxylation is 1. The molecule has 106 valence electrons. The second-order valence-corrected chi connectivity index (χ2v) is 5.17. The van der Waals surface area contributed by atoms with Crippen LogP contribution in [0.4, 0.5) is 0 Å². The maximum atomic E-state index is 11.6. The van der Waals surface area contributed by atoms with E-state index < -0.39 is 0 Å². The van der Waals surface area contributed by atoms with E-state index in [1.807, 2.05) is 36.4 Å². The molecular weight excluding hydrogens is 262 g/mol. The molecule has 3 nitrogen and oxygen atoms in total. The van der Waals surface area contributed by atoms with Gasteiger partial charge in [-0.05, 0) is 36.6 Å². The summed E-state index contributed by atoms with van der Waals surface area (Å²) in [5, 5.41) is 0. The number of aliphatic imine (C=N–C) groups is 1. The molecule has 0 aromatic heterocycles. The van der Waals surface area contributed by atoms with Gasteiger partial charge in [0.25, 0.3) is 0 Å².